The van der Waals surface area contributed by atoms with Gasteiger partial charge in [-0.15, -0.1) is 0 Å². The maximum absolute atomic E-state index is 12.3. The second-order valence-electron chi connectivity index (χ2n) is 6.28. The summed E-state index contributed by atoms with van der Waals surface area (Å²) < 4.78 is 0. The molecule has 2 rings (SSSR count). The number of hydrogen-bond acceptors (Lipinski definition) is 3. The van der Waals surface area contributed by atoms with Gasteiger partial charge in [-0.1, -0.05) is 13.3 Å². The summed E-state index contributed by atoms with van der Waals surface area (Å²) in [5, 5.41) is 0. The second-order valence-corrected chi connectivity index (χ2v) is 6.28. The number of hydrogen-bond donors (Lipinski definition) is 1. The molecule has 22 heavy (non-hydrogen) atoms. The molecule has 0 saturated carbocycles. The Morgan fingerprint density at radius 2 is 2.05 bits per heavy atom. The lowest BCUT2D eigenvalue weighted by molar-refractivity contribution is 0.0787. The first kappa shape index (κ1) is 16.7. The molecule has 0 aromatic carbocycles. The molecule has 1 aliphatic rings. The zero-order valence-corrected chi connectivity index (χ0v) is 13.9. The van der Waals surface area contributed by atoms with Crippen molar-refractivity contribution in [2.45, 2.75) is 45.6 Å². The first-order valence-electron chi connectivity index (χ1n) is 8.24. The molecule has 0 radical (unpaired) electrons. The molecule has 0 spiro atoms. The molecule has 1 fully saturated rings. The fourth-order valence-corrected chi connectivity index (χ4v) is 2.88. The highest BCUT2D eigenvalue weighted by Crippen LogP contribution is 2.14. The van der Waals surface area contributed by atoms with Crippen LogP contribution in [0, 0.1) is 0 Å². The summed E-state index contributed by atoms with van der Waals surface area (Å²) in [7, 11) is 1.97. The summed E-state index contributed by atoms with van der Waals surface area (Å²) in [5.41, 5.74) is 1.12. The Labute approximate surface area is 132 Å². The number of amides is 1. The Kier molecular flexibility index (Phi) is 5.77. The topological polar surface area (TPSA) is 56.4 Å². The molecule has 5 nitrogen and oxygen atoms in total. The standard InChI is InChI=1S/C17H27N3O2/c1-4-7-13(2)19(3)12-16(21)14-10-15(18-11-14)17(22)20-8-5-6-9-20/h10-11,13,18H,4-9,12H2,1-3H3. The minimum Gasteiger partial charge on any atom is -0.356 e. The molecule has 0 bridgehead atoms. The SMILES string of the molecule is CCCC(C)N(C)CC(=O)c1c[nH]c(C(=O)N2CCCC2)c1. The van der Waals surface area contributed by atoms with Crippen LogP contribution >= 0.6 is 0 Å². The molecule has 1 unspecified atom stereocenters. The third-order valence-electron chi connectivity index (χ3n) is 4.48. The lowest BCUT2D eigenvalue weighted by Gasteiger charge is -2.23. The van der Waals surface area contributed by atoms with E-state index in [0.717, 1.165) is 38.8 Å². The van der Waals surface area contributed by atoms with Gasteiger partial charge in [-0.05, 0) is 39.3 Å². The van der Waals surface area contributed by atoms with Crippen molar-refractivity contribution in [2.24, 2.45) is 0 Å². The second kappa shape index (κ2) is 7.58. The number of aromatic nitrogens is 1. The number of H-pyrrole nitrogens is 1. The predicted octanol–water partition coefficient (Wildman–Crippen LogP) is 2.55. The largest absolute Gasteiger partial charge is 0.356 e. The van der Waals surface area contributed by atoms with Gasteiger partial charge >= 0.3 is 0 Å². The summed E-state index contributed by atoms with van der Waals surface area (Å²) in [4.78, 5) is 31.5. The highest BCUT2D eigenvalue weighted by molar-refractivity contribution is 6.01. The molecular formula is C17H27N3O2. The van der Waals surface area contributed by atoms with Crippen molar-refractivity contribution in [2.75, 3.05) is 26.7 Å². The monoisotopic (exact) mass is 305 g/mol. The predicted molar refractivity (Wildman–Crippen MR) is 87.3 cm³/mol. The molecule has 1 N–H and O–H groups in total. The highest BCUT2D eigenvalue weighted by Gasteiger charge is 2.22. The normalized spacial score (nSPS) is 16.3. The third kappa shape index (κ3) is 3.97. The fourth-order valence-electron chi connectivity index (χ4n) is 2.88. The quantitative estimate of drug-likeness (QED) is 0.788. The van der Waals surface area contributed by atoms with E-state index in [-0.39, 0.29) is 11.7 Å². The van der Waals surface area contributed by atoms with Gasteiger partial charge < -0.3 is 9.88 Å². The third-order valence-corrected chi connectivity index (χ3v) is 4.48. The lowest BCUT2D eigenvalue weighted by Crippen LogP contribution is -2.33. The number of ketones is 1. The van der Waals surface area contributed by atoms with Gasteiger partial charge in [-0.25, -0.2) is 0 Å². The van der Waals surface area contributed by atoms with Gasteiger partial charge in [0, 0.05) is 30.9 Å². The van der Waals surface area contributed by atoms with Gasteiger partial charge in [0.25, 0.3) is 5.91 Å². The molecular weight excluding hydrogens is 278 g/mol. The number of nitrogens with one attached hydrogen (secondary N) is 1. The van der Waals surface area contributed by atoms with Crippen molar-refractivity contribution >= 4 is 11.7 Å². The van der Waals surface area contributed by atoms with Crippen LogP contribution in [0.3, 0.4) is 0 Å². The average Bonchev–Trinajstić information content (AvgIpc) is 3.18. The van der Waals surface area contributed by atoms with Crippen molar-refractivity contribution in [1.29, 1.82) is 0 Å². The van der Waals surface area contributed by atoms with Crippen LogP contribution in [0.2, 0.25) is 0 Å². The molecule has 1 aromatic rings. The van der Waals surface area contributed by atoms with Crippen molar-refractivity contribution in [1.82, 2.24) is 14.8 Å². The average molecular weight is 305 g/mol. The Morgan fingerprint density at radius 1 is 1.36 bits per heavy atom. The number of likely N-dealkylation sites (tertiary alicyclic amines) is 1. The summed E-state index contributed by atoms with van der Waals surface area (Å²) in [6.07, 6.45) is 5.98. The van der Waals surface area contributed by atoms with Gasteiger partial charge in [0.05, 0.1) is 6.54 Å². The molecule has 1 atom stereocenters. The number of carbonyl (C=O) groups is 2. The first-order valence-corrected chi connectivity index (χ1v) is 8.24. The number of carbonyl (C=O) groups excluding carboxylic acids is 2. The van der Waals surface area contributed by atoms with Crippen molar-refractivity contribution in [3.63, 3.8) is 0 Å². The first-order chi connectivity index (χ1) is 10.5. The van der Waals surface area contributed by atoms with Crippen LogP contribution in [0.5, 0.6) is 0 Å². The van der Waals surface area contributed by atoms with E-state index in [9.17, 15) is 9.59 Å². The van der Waals surface area contributed by atoms with Crippen LogP contribution in [0.15, 0.2) is 12.3 Å². The van der Waals surface area contributed by atoms with Crippen molar-refractivity contribution < 1.29 is 9.59 Å². The summed E-state index contributed by atoms with van der Waals surface area (Å²) in [5.74, 6) is 0.0615. The van der Waals surface area contributed by atoms with Gasteiger partial charge in [0.1, 0.15) is 5.69 Å². The fraction of sp³-hybridized carbons (Fsp3) is 0.647. The summed E-state index contributed by atoms with van der Waals surface area (Å²) >= 11 is 0. The molecule has 5 heteroatoms. The highest BCUT2D eigenvalue weighted by atomic mass is 16.2. The molecule has 1 aromatic heterocycles. The number of Topliss-reactive ketones (excluding diaryl/α,β-unsaturated/α-hetero) is 1. The van der Waals surface area contributed by atoms with Crippen LogP contribution < -0.4 is 0 Å². The Bertz CT molecular complexity index is 518. The van der Waals surface area contributed by atoms with E-state index in [0.29, 0.717) is 23.8 Å². The summed E-state index contributed by atoms with van der Waals surface area (Å²) in [6.45, 7) is 6.30. The van der Waals surface area contributed by atoms with Crippen LogP contribution in [0.1, 0.15) is 60.4 Å². The number of likely N-dealkylation sites (N-methyl/N-ethyl adjacent to an activating group) is 1. The van der Waals surface area contributed by atoms with E-state index < -0.39 is 0 Å². The number of nitrogens with zero attached hydrogens (tertiary/aromatic N) is 2. The molecule has 122 valence electrons. The smallest absolute Gasteiger partial charge is 0.270 e. The van der Waals surface area contributed by atoms with Crippen molar-refractivity contribution in [3.8, 4) is 0 Å². The zero-order valence-electron chi connectivity index (χ0n) is 13.9. The molecule has 2 heterocycles. The van der Waals surface area contributed by atoms with E-state index in [1.807, 2.05) is 11.9 Å². The van der Waals surface area contributed by atoms with E-state index in [1.54, 1.807) is 12.3 Å². The van der Waals surface area contributed by atoms with E-state index in [2.05, 4.69) is 23.7 Å². The van der Waals surface area contributed by atoms with Crippen LogP contribution in [-0.2, 0) is 0 Å². The number of aromatic amines is 1. The minimum absolute atomic E-state index is 0.00394. The van der Waals surface area contributed by atoms with Crippen LogP contribution in [-0.4, -0.2) is 59.2 Å². The van der Waals surface area contributed by atoms with E-state index in [1.165, 1.54) is 0 Å². The van der Waals surface area contributed by atoms with Crippen LogP contribution in [0.4, 0.5) is 0 Å². The lowest BCUT2D eigenvalue weighted by atomic mass is 10.1. The molecule has 1 amide bonds. The van der Waals surface area contributed by atoms with Crippen molar-refractivity contribution in [3.05, 3.63) is 23.5 Å². The molecule has 1 aliphatic heterocycles. The van der Waals surface area contributed by atoms with Gasteiger partial charge in [-0.2, -0.15) is 0 Å². The van der Waals surface area contributed by atoms with Gasteiger partial charge in [0.15, 0.2) is 5.78 Å². The van der Waals surface area contributed by atoms with E-state index >= 15 is 0 Å². The Hall–Kier alpha value is -1.62. The number of rotatable bonds is 7. The Balaban J connectivity index is 1.95. The molecule has 0 aliphatic carbocycles. The maximum atomic E-state index is 12.3. The Morgan fingerprint density at radius 3 is 2.68 bits per heavy atom. The van der Waals surface area contributed by atoms with E-state index in [4.69, 9.17) is 0 Å². The van der Waals surface area contributed by atoms with Crippen LogP contribution in [0.25, 0.3) is 0 Å². The molecule has 1 saturated heterocycles. The van der Waals surface area contributed by atoms with Gasteiger partial charge in [-0.3, -0.25) is 14.5 Å². The summed E-state index contributed by atoms with van der Waals surface area (Å²) in [6, 6.07) is 2.08. The van der Waals surface area contributed by atoms with Gasteiger partial charge in [0.2, 0.25) is 0 Å². The zero-order chi connectivity index (χ0) is 16.1. The maximum Gasteiger partial charge on any atom is 0.270 e. The minimum atomic E-state index is 0.00394.